The summed E-state index contributed by atoms with van der Waals surface area (Å²) < 4.78 is 5.36. The fourth-order valence-electron chi connectivity index (χ4n) is 1.61. The fraction of sp³-hybridized carbons (Fsp3) is 0.455. The van der Waals surface area contributed by atoms with Crippen LogP contribution in [0.15, 0.2) is 12.1 Å². The molecule has 15 heavy (non-hydrogen) atoms. The van der Waals surface area contributed by atoms with Gasteiger partial charge in [-0.1, -0.05) is 11.6 Å². The highest BCUT2D eigenvalue weighted by Gasteiger charge is 2.16. The Bertz CT molecular complexity index is 338. The number of hydrogen-bond acceptors (Lipinski definition) is 2. The smallest absolute Gasteiger partial charge is 0.126 e. The lowest BCUT2D eigenvalue weighted by Crippen LogP contribution is -2.18. The molecule has 1 N–H and O–H groups in total. The Morgan fingerprint density at radius 1 is 1.47 bits per heavy atom. The Kier molecular flexibility index (Phi) is 4.71. The molecule has 0 spiro atoms. The Labute approximate surface area is 101 Å². The number of aryl methyl sites for hydroxylation is 1. The number of hydrogen-bond donors (Lipinski definition) is 1. The second kappa shape index (κ2) is 5.59. The van der Waals surface area contributed by atoms with Gasteiger partial charge in [-0.2, -0.15) is 0 Å². The minimum atomic E-state index is 0.0546. The van der Waals surface area contributed by atoms with Gasteiger partial charge in [-0.25, -0.2) is 0 Å². The van der Waals surface area contributed by atoms with Crippen molar-refractivity contribution in [3.63, 3.8) is 0 Å². The van der Waals surface area contributed by atoms with Gasteiger partial charge >= 0.3 is 0 Å². The van der Waals surface area contributed by atoms with Crippen molar-refractivity contribution in [3.05, 3.63) is 28.3 Å². The lowest BCUT2D eigenvalue weighted by molar-refractivity contribution is 0.401. The summed E-state index contributed by atoms with van der Waals surface area (Å²) in [6.45, 7) is 1.97. The monoisotopic (exact) mass is 247 g/mol. The third-order valence-electron chi connectivity index (χ3n) is 2.35. The van der Waals surface area contributed by atoms with Gasteiger partial charge in [-0.3, -0.25) is 0 Å². The SMILES string of the molecule is CNC(CCl)c1cc(Cl)cc(C)c1OC. The van der Waals surface area contributed by atoms with Gasteiger partial charge in [0.1, 0.15) is 5.75 Å². The molecule has 1 atom stereocenters. The van der Waals surface area contributed by atoms with Crippen molar-refractivity contribution in [3.8, 4) is 5.75 Å². The first-order valence-electron chi connectivity index (χ1n) is 4.71. The summed E-state index contributed by atoms with van der Waals surface area (Å²) >= 11 is 11.9. The molecule has 0 saturated heterocycles. The first-order chi connectivity index (χ1) is 7.13. The molecule has 0 bridgehead atoms. The topological polar surface area (TPSA) is 21.3 Å². The van der Waals surface area contributed by atoms with E-state index in [-0.39, 0.29) is 6.04 Å². The van der Waals surface area contributed by atoms with E-state index in [9.17, 15) is 0 Å². The van der Waals surface area contributed by atoms with Crippen LogP contribution < -0.4 is 10.1 Å². The number of halogens is 2. The Balaban J connectivity index is 3.24. The van der Waals surface area contributed by atoms with E-state index in [0.717, 1.165) is 16.9 Å². The molecule has 1 aromatic carbocycles. The van der Waals surface area contributed by atoms with Gasteiger partial charge in [0, 0.05) is 22.5 Å². The third kappa shape index (κ3) is 2.77. The molecule has 2 nitrogen and oxygen atoms in total. The zero-order chi connectivity index (χ0) is 11.4. The molecule has 1 rings (SSSR count). The summed E-state index contributed by atoms with van der Waals surface area (Å²) in [4.78, 5) is 0. The maximum absolute atomic E-state index is 6.01. The van der Waals surface area contributed by atoms with Crippen LogP contribution in [0.25, 0.3) is 0 Å². The van der Waals surface area contributed by atoms with Crippen LogP contribution >= 0.6 is 23.2 Å². The van der Waals surface area contributed by atoms with Crippen molar-refractivity contribution in [2.75, 3.05) is 20.0 Å². The number of benzene rings is 1. The fourth-order valence-corrected chi connectivity index (χ4v) is 2.21. The van der Waals surface area contributed by atoms with Gasteiger partial charge in [-0.05, 0) is 31.7 Å². The summed E-state index contributed by atoms with van der Waals surface area (Å²) in [5.41, 5.74) is 2.02. The van der Waals surface area contributed by atoms with Crippen LogP contribution in [0.2, 0.25) is 5.02 Å². The molecule has 0 radical (unpaired) electrons. The number of methoxy groups -OCH3 is 1. The molecule has 0 fully saturated rings. The van der Waals surface area contributed by atoms with Gasteiger partial charge in [-0.15, -0.1) is 11.6 Å². The van der Waals surface area contributed by atoms with E-state index >= 15 is 0 Å². The predicted octanol–water partition coefficient (Wildman–Crippen LogP) is 3.16. The second-order valence-corrected chi connectivity index (χ2v) is 4.09. The Morgan fingerprint density at radius 2 is 2.13 bits per heavy atom. The van der Waals surface area contributed by atoms with Crippen molar-refractivity contribution in [2.24, 2.45) is 0 Å². The highest BCUT2D eigenvalue weighted by molar-refractivity contribution is 6.30. The molecule has 0 heterocycles. The van der Waals surface area contributed by atoms with E-state index in [2.05, 4.69) is 5.32 Å². The van der Waals surface area contributed by atoms with Gasteiger partial charge in [0.2, 0.25) is 0 Å². The van der Waals surface area contributed by atoms with Crippen molar-refractivity contribution < 1.29 is 4.74 Å². The largest absolute Gasteiger partial charge is 0.496 e. The van der Waals surface area contributed by atoms with Crippen LogP contribution in [-0.4, -0.2) is 20.0 Å². The second-order valence-electron chi connectivity index (χ2n) is 3.34. The number of alkyl halides is 1. The molecular weight excluding hydrogens is 233 g/mol. The molecule has 0 amide bonds. The van der Waals surface area contributed by atoms with E-state index in [0.29, 0.717) is 10.9 Å². The first kappa shape index (κ1) is 12.6. The third-order valence-corrected chi connectivity index (χ3v) is 2.88. The molecule has 1 unspecified atom stereocenters. The van der Waals surface area contributed by atoms with E-state index in [1.54, 1.807) is 7.11 Å². The maximum atomic E-state index is 6.01. The Hall–Kier alpha value is -0.440. The average Bonchev–Trinajstić information content (AvgIpc) is 2.19. The summed E-state index contributed by atoms with van der Waals surface area (Å²) in [5, 5.41) is 3.83. The summed E-state index contributed by atoms with van der Waals surface area (Å²) in [5.74, 6) is 1.33. The van der Waals surface area contributed by atoms with Gasteiger partial charge in [0.25, 0.3) is 0 Å². The molecule has 0 aliphatic rings. The van der Waals surface area contributed by atoms with E-state index in [1.807, 2.05) is 26.1 Å². The minimum Gasteiger partial charge on any atom is -0.496 e. The predicted molar refractivity (Wildman–Crippen MR) is 65.3 cm³/mol. The van der Waals surface area contributed by atoms with Crippen LogP contribution in [0.1, 0.15) is 17.2 Å². The average molecular weight is 248 g/mol. The summed E-state index contributed by atoms with van der Waals surface area (Å²) in [6, 6.07) is 3.82. The maximum Gasteiger partial charge on any atom is 0.126 e. The molecule has 4 heteroatoms. The van der Waals surface area contributed by atoms with E-state index < -0.39 is 0 Å². The first-order valence-corrected chi connectivity index (χ1v) is 5.62. The molecule has 0 aromatic heterocycles. The number of nitrogens with one attached hydrogen (secondary N) is 1. The standard InChI is InChI=1S/C11H15Cl2NO/c1-7-4-8(13)5-9(11(7)15-3)10(6-12)14-2/h4-5,10,14H,6H2,1-3H3. The van der Waals surface area contributed by atoms with Crippen LogP contribution in [-0.2, 0) is 0 Å². The van der Waals surface area contributed by atoms with Crippen LogP contribution in [0.3, 0.4) is 0 Å². The highest BCUT2D eigenvalue weighted by Crippen LogP contribution is 2.32. The molecule has 84 valence electrons. The molecule has 1 aromatic rings. The van der Waals surface area contributed by atoms with Crippen LogP contribution in [0, 0.1) is 6.92 Å². The van der Waals surface area contributed by atoms with E-state index in [4.69, 9.17) is 27.9 Å². The number of rotatable bonds is 4. The Morgan fingerprint density at radius 3 is 2.60 bits per heavy atom. The zero-order valence-corrected chi connectivity index (χ0v) is 10.6. The zero-order valence-electron chi connectivity index (χ0n) is 9.10. The van der Waals surface area contributed by atoms with Crippen molar-refractivity contribution in [1.82, 2.24) is 5.32 Å². The van der Waals surface area contributed by atoms with Crippen LogP contribution in [0.5, 0.6) is 5.75 Å². The lowest BCUT2D eigenvalue weighted by Gasteiger charge is -2.18. The number of ether oxygens (including phenoxy) is 1. The lowest BCUT2D eigenvalue weighted by atomic mass is 10.0. The highest BCUT2D eigenvalue weighted by atomic mass is 35.5. The van der Waals surface area contributed by atoms with Gasteiger partial charge < -0.3 is 10.1 Å². The van der Waals surface area contributed by atoms with Crippen molar-refractivity contribution in [1.29, 1.82) is 0 Å². The van der Waals surface area contributed by atoms with E-state index in [1.165, 1.54) is 0 Å². The summed E-state index contributed by atoms with van der Waals surface area (Å²) in [6.07, 6.45) is 0. The molecule has 0 aliphatic carbocycles. The van der Waals surface area contributed by atoms with Crippen molar-refractivity contribution >= 4 is 23.2 Å². The van der Waals surface area contributed by atoms with Gasteiger partial charge in [0.15, 0.2) is 0 Å². The molecular formula is C11H15Cl2NO. The molecule has 0 aliphatic heterocycles. The quantitative estimate of drug-likeness (QED) is 0.826. The molecule has 0 saturated carbocycles. The van der Waals surface area contributed by atoms with Crippen LogP contribution in [0.4, 0.5) is 0 Å². The normalized spacial score (nSPS) is 12.6. The van der Waals surface area contributed by atoms with Gasteiger partial charge in [0.05, 0.1) is 7.11 Å². The summed E-state index contributed by atoms with van der Waals surface area (Å²) in [7, 11) is 3.52. The minimum absolute atomic E-state index is 0.0546. The van der Waals surface area contributed by atoms with Crippen molar-refractivity contribution in [2.45, 2.75) is 13.0 Å².